The van der Waals surface area contributed by atoms with Crippen molar-refractivity contribution in [1.29, 1.82) is 0 Å². The zero-order chi connectivity index (χ0) is 28.8. The Hall–Kier alpha value is -5.23. The van der Waals surface area contributed by atoms with E-state index in [1.807, 2.05) is 24.3 Å². The minimum absolute atomic E-state index is 0.0930. The van der Waals surface area contributed by atoms with E-state index in [1.54, 1.807) is 25.1 Å². The van der Waals surface area contributed by atoms with E-state index < -0.39 is 17.8 Å². The van der Waals surface area contributed by atoms with Gasteiger partial charge in [0.2, 0.25) is 5.82 Å². The normalized spacial score (nSPS) is 10.7. The van der Waals surface area contributed by atoms with Crippen LogP contribution in [0.1, 0.15) is 63.6 Å². The average Bonchev–Trinajstić information content (AvgIpc) is 2.95. The van der Waals surface area contributed by atoms with Gasteiger partial charge in [0.05, 0.1) is 28.9 Å². The summed E-state index contributed by atoms with van der Waals surface area (Å²) < 4.78 is 10.5. The van der Waals surface area contributed by atoms with E-state index in [0.29, 0.717) is 28.3 Å². The third kappa shape index (κ3) is 6.08. The maximum atomic E-state index is 13.3. The second-order valence-corrected chi connectivity index (χ2v) is 9.08. The Balaban J connectivity index is 1.75. The summed E-state index contributed by atoms with van der Waals surface area (Å²) in [6.07, 6.45) is 5.33. The molecule has 0 fully saturated rings. The minimum Gasteiger partial charge on any atom is -0.481 e. The molecule has 1 heterocycles. The molecule has 0 radical (unpaired) electrons. The molecule has 4 aromatic rings. The number of carbonyl (C=O) groups excluding carboxylic acids is 2. The van der Waals surface area contributed by atoms with Gasteiger partial charge in [0.25, 0.3) is 5.91 Å². The molecule has 0 saturated heterocycles. The summed E-state index contributed by atoms with van der Waals surface area (Å²) >= 11 is 0. The summed E-state index contributed by atoms with van der Waals surface area (Å²) in [6, 6.07) is 16.9. The molecular formula is C31H27N3O6. The summed E-state index contributed by atoms with van der Waals surface area (Å²) in [5.41, 5.74) is 2.66. The second kappa shape index (κ2) is 12.1. The Morgan fingerprint density at radius 3 is 2.40 bits per heavy atom. The molecule has 0 saturated carbocycles. The first-order valence-electron chi connectivity index (χ1n) is 12.6. The number of hydrogen-bond acceptors (Lipinski definition) is 7. The van der Waals surface area contributed by atoms with E-state index in [9.17, 15) is 19.5 Å². The molecule has 9 nitrogen and oxygen atoms in total. The summed E-state index contributed by atoms with van der Waals surface area (Å²) in [6.45, 7) is 6.01. The maximum absolute atomic E-state index is 13.3. The Kier molecular flexibility index (Phi) is 8.40. The zero-order valence-electron chi connectivity index (χ0n) is 22.2. The molecule has 0 spiro atoms. The Bertz CT molecular complexity index is 1640. The number of nitrogens with zero attached hydrogens (tertiary/aromatic N) is 2. The molecule has 40 heavy (non-hydrogen) atoms. The number of terminal acetylenes is 1. The number of nitrogens with one attached hydrogen (secondary N) is 1. The van der Waals surface area contributed by atoms with Gasteiger partial charge in [-0.05, 0) is 54.8 Å². The Morgan fingerprint density at radius 1 is 1.00 bits per heavy atom. The summed E-state index contributed by atoms with van der Waals surface area (Å²) in [5.74, 6) is 0.419. The van der Waals surface area contributed by atoms with Crippen molar-refractivity contribution < 1.29 is 29.0 Å². The zero-order valence-corrected chi connectivity index (χ0v) is 22.2. The topological polar surface area (TPSA) is 128 Å². The Morgan fingerprint density at radius 2 is 1.75 bits per heavy atom. The quantitative estimate of drug-likeness (QED) is 0.210. The van der Waals surface area contributed by atoms with Gasteiger partial charge in [0, 0.05) is 16.6 Å². The maximum Gasteiger partial charge on any atom is 0.338 e. The number of rotatable bonds is 9. The molecule has 202 valence electrons. The van der Waals surface area contributed by atoms with Crippen molar-refractivity contribution in [2.45, 2.75) is 26.7 Å². The van der Waals surface area contributed by atoms with Crippen molar-refractivity contribution in [2.75, 3.05) is 18.5 Å². The number of fused-ring (bicyclic) bond motifs is 1. The van der Waals surface area contributed by atoms with Crippen molar-refractivity contribution in [3.05, 3.63) is 83.2 Å². The fourth-order valence-corrected chi connectivity index (χ4v) is 4.04. The van der Waals surface area contributed by atoms with Crippen LogP contribution in [0, 0.1) is 12.3 Å². The van der Waals surface area contributed by atoms with Crippen LogP contribution in [0.3, 0.4) is 0 Å². The number of benzene rings is 3. The number of aromatic carboxylic acids is 1. The molecule has 0 unspecified atom stereocenters. The molecule has 0 aliphatic rings. The van der Waals surface area contributed by atoms with Crippen LogP contribution in [0.25, 0.3) is 22.2 Å². The van der Waals surface area contributed by atoms with Crippen molar-refractivity contribution >= 4 is 34.4 Å². The largest absolute Gasteiger partial charge is 0.481 e. The average molecular weight is 538 g/mol. The molecule has 4 rings (SSSR count). The molecular weight excluding hydrogens is 510 g/mol. The van der Waals surface area contributed by atoms with Crippen molar-refractivity contribution in [2.24, 2.45) is 0 Å². The molecule has 2 N–H and O–H groups in total. The number of carbonyl (C=O) groups is 3. The lowest BCUT2D eigenvalue weighted by Crippen LogP contribution is -2.18. The molecule has 1 amide bonds. The van der Waals surface area contributed by atoms with E-state index >= 15 is 0 Å². The third-order valence-corrected chi connectivity index (χ3v) is 6.05. The highest BCUT2D eigenvalue weighted by molar-refractivity contribution is 6.07. The minimum atomic E-state index is -1.34. The standard InChI is InChI=1S/C31H27N3O6/c1-5-15-40-22-12-14-26-25(17-22)27(20-9-7-19(8-10-20)18(3)4)34-28(33-26)29(35)32-21-11-13-23(31(38)39-6-2)24(16-21)30(36)37/h1,7-14,16-18H,6,15H2,2-4H3,(H,32,35)(H,36,37). The van der Waals surface area contributed by atoms with Crippen LogP contribution in [0.15, 0.2) is 60.7 Å². The highest BCUT2D eigenvalue weighted by Crippen LogP contribution is 2.30. The summed E-state index contributed by atoms with van der Waals surface area (Å²) in [5, 5.41) is 12.9. The number of anilines is 1. The predicted octanol–water partition coefficient (Wildman–Crippen LogP) is 5.56. The van der Waals surface area contributed by atoms with E-state index in [0.717, 1.165) is 11.1 Å². The number of hydrogen-bond donors (Lipinski definition) is 2. The lowest BCUT2D eigenvalue weighted by atomic mass is 9.99. The summed E-state index contributed by atoms with van der Waals surface area (Å²) in [7, 11) is 0. The van der Waals surface area contributed by atoms with E-state index in [2.05, 4.69) is 35.1 Å². The van der Waals surface area contributed by atoms with Gasteiger partial charge in [-0.15, -0.1) is 6.42 Å². The Labute approximate surface area is 231 Å². The van der Waals surface area contributed by atoms with Crippen molar-refractivity contribution in [1.82, 2.24) is 9.97 Å². The van der Waals surface area contributed by atoms with Crippen LogP contribution >= 0.6 is 0 Å². The highest BCUT2D eigenvalue weighted by atomic mass is 16.5. The molecule has 0 atom stereocenters. The van der Waals surface area contributed by atoms with Gasteiger partial charge in [0.15, 0.2) is 0 Å². The van der Waals surface area contributed by atoms with Gasteiger partial charge >= 0.3 is 11.9 Å². The SMILES string of the molecule is C#CCOc1ccc2nc(C(=O)Nc3ccc(C(=O)OCC)c(C(=O)O)c3)nc(-c3ccc(C(C)C)cc3)c2c1. The molecule has 0 aliphatic carbocycles. The molecule has 0 bridgehead atoms. The number of carboxylic acids is 1. The smallest absolute Gasteiger partial charge is 0.338 e. The first-order chi connectivity index (χ1) is 19.2. The first kappa shape index (κ1) is 27.8. The number of amides is 1. The fraction of sp³-hybridized carbons (Fsp3) is 0.194. The van der Waals surface area contributed by atoms with Gasteiger partial charge in [-0.25, -0.2) is 19.6 Å². The number of esters is 1. The lowest BCUT2D eigenvalue weighted by molar-refractivity contribution is 0.0514. The van der Waals surface area contributed by atoms with Crippen molar-refractivity contribution in [3.8, 4) is 29.4 Å². The van der Waals surface area contributed by atoms with Crippen LogP contribution in [-0.4, -0.2) is 46.1 Å². The third-order valence-electron chi connectivity index (χ3n) is 6.05. The predicted molar refractivity (Wildman–Crippen MR) is 151 cm³/mol. The van der Waals surface area contributed by atoms with Gasteiger partial charge in [-0.2, -0.15) is 0 Å². The second-order valence-electron chi connectivity index (χ2n) is 9.08. The molecule has 3 aromatic carbocycles. The van der Waals surface area contributed by atoms with Crippen LogP contribution < -0.4 is 10.1 Å². The number of carboxylic acid groups (broad SMARTS) is 1. The van der Waals surface area contributed by atoms with Gasteiger partial charge in [-0.3, -0.25) is 4.79 Å². The first-order valence-corrected chi connectivity index (χ1v) is 12.6. The van der Waals surface area contributed by atoms with E-state index in [4.69, 9.17) is 15.9 Å². The van der Waals surface area contributed by atoms with Crippen molar-refractivity contribution in [3.63, 3.8) is 0 Å². The van der Waals surface area contributed by atoms with Crippen LogP contribution in [-0.2, 0) is 4.74 Å². The monoisotopic (exact) mass is 537 g/mol. The van der Waals surface area contributed by atoms with Crippen LogP contribution in [0.5, 0.6) is 5.75 Å². The van der Waals surface area contributed by atoms with Gasteiger partial charge < -0.3 is 19.9 Å². The fourth-order valence-electron chi connectivity index (χ4n) is 4.04. The molecule has 1 aromatic heterocycles. The van der Waals surface area contributed by atoms with E-state index in [1.165, 1.54) is 18.2 Å². The van der Waals surface area contributed by atoms with Crippen LogP contribution in [0.2, 0.25) is 0 Å². The number of aromatic nitrogens is 2. The van der Waals surface area contributed by atoms with Gasteiger partial charge in [0.1, 0.15) is 12.4 Å². The number of ether oxygens (including phenoxy) is 2. The summed E-state index contributed by atoms with van der Waals surface area (Å²) in [4.78, 5) is 46.2. The highest BCUT2D eigenvalue weighted by Gasteiger charge is 2.21. The molecule has 9 heteroatoms. The van der Waals surface area contributed by atoms with Gasteiger partial charge in [-0.1, -0.05) is 44.0 Å². The molecule has 0 aliphatic heterocycles. The van der Waals surface area contributed by atoms with Crippen LogP contribution in [0.4, 0.5) is 5.69 Å². The lowest BCUT2D eigenvalue weighted by Gasteiger charge is -2.13. The van der Waals surface area contributed by atoms with E-state index in [-0.39, 0.29) is 35.9 Å².